The van der Waals surface area contributed by atoms with Crippen molar-refractivity contribution in [1.29, 1.82) is 0 Å². The maximum absolute atomic E-state index is 13.4. The van der Waals surface area contributed by atoms with E-state index in [-0.39, 0.29) is 17.3 Å². The lowest BCUT2D eigenvalue weighted by Gasteiger charge is -2.20. The van der Waals surface area contributed by atoms with Crippen LogP contribution in [0.2, 0.25) is 0 Å². The maximum atomic E-state index is 13.4. The molecule has 1 heterocycles. The van der Waals surface area contributed by atoms with E-state index in [0.717, 1.165) is 12.5 Å². The van der Waals surface area contributed by atoms with Gasteiger partial charge in [0, 0.05) is 12.5 Å². The number of benzene rings is 1. The van der Waals surface area contributed by atoms with Gasteiger partial charge in [-0.25, -0.2) is 8.78 Å². The van der Waals surface area contributed by atoms with E-state index in [1.165, 1.54) is 12.1 Å². The summed E-state index contributed by atoms with van der Waals surface area (Å²) < 4.78 is 31.5. The van der Waals surface area contributed by atoms with Crippen LogP contribution in [-0.2, 0) is 4.74 Å². The number of carbonyl (C=O) groups excluding carboxylic acids is 1. The normalized spacial score (nSPS) is 20.8. The van der Waals surface area contributed by atoms with Gasteiger partial charge in [0.05, 0.1) is 12.2 Å². The van der Waals surface area contributed by atoms with Crippen LogP contribution >= 0.6 is 0 Å². The predicted molar refractivity (Wildman–Crippen MR) is 54.2 cm³/mol. The maximum Gasteiger partial charge on any atom is 0.171 e. The predicted octanol–water partition coefficient (Wildman–Crippen LogP) is 2.57. The second kappa shape index (κ2) is 4.70. The van der Waals surface area contributed by atoms with E-state index in [1.54, 1.807) is 0 Å². The van der Waals surface area contributed by atoms with Crippen molar-refractivity contribution < 1.29 is 18.3 Å². The lowest BCUT2D eigenvalue weighted by molar-refractivity contribution is 0.0458. The van der Waals surface area contributed by atoms with Gasteiger partial charge < -0.3 is 4.74 Å². The van der Waals surface area contributed by atoms with Crippen molar-refractivity contribution >= 4 is 5.78 Å². The lowest BCUT2D eigenvalue weighted by Crippen LogP contribution is -2.26. The minimum atomic E-state index is -1.06. The monoisotopic (exact) mass is 226 g/mol. The van der Waals surface area contributed by atoms with Gasteiger partial charge in [-0.05, 0) is 25.0 Å². The Balaban J connectivity index is 2.22. The van der Waals surface area contributed by atoms with Crippen molar-refractivity contribution in [3.8, 4) is 0 Å². The van der Waals surface area contributed by atoms with Crippen LogP contribution in [0.15, 0.2) is 18.2 Å². The topological polar surface area (TPSA) is 26.3 Å². The summed E-state index contributed by atoms with van der Waals surface area (Å²) in [7, 11) is 0. The van der Waals surface area contributed by atoms with Gasteiger partial charge in [0.2, 0.25) is 0 Å². The minimum Gasteiger partial charge on any atom is -0.381 e. The van der Waals surface area contributed by atoms with E-state index >= 15 is 0 Å². The zero-order chi connectivity index (χ0) is 11.5. The molecule has 0 aromatic heterocycles. The molecule has 1 unspecified atom stereocenters. The molecular formula is C12H12F2O2. The van der Waals surface area contributed by atoms with E-state index < -0.39 is 11.6 Å². The smallest absolute Gasteiger partial charge is 0.171 e. The lowest BCUT2D eigenvalue weighted by atomic mass is 9.92. The zero-order valence-corrected chi connectivity index (χ0v) is 8.71. The van der Waals surface area contributed by atoms with Gasteiger partial charge in [0.25, 0.3) is 0 Å². The number of halogens is 2. The molecule has 1 aromatic rings. The van der Waals surface area contributed by atoms with E-state index in [1.807, 2.05) is 0 Å². The Morgan fingerprint density at radius 1 is 1.38 bits per heavy atom. The van der Waals surface area contributed by atoms with Gasteiger partial charge in [0.15, 0.2) is 17.4 Å². The molecule has 1 aliphatic rings. The molecule has 2 nitrogen and oxygen atoms in total. The van der Waals surface area contributed by atoms with Crippen molar-refractivity contribution in [1.82, 2.24) is 0 Å². The Morgan fingerprint density at radius 3 is 2.88 bits per heavy atom. The van der Waals surface area contributed by atoms with Gasteiger partial charge in [-0.3, -0.25) is 4.79 Å². The van der Waals surface area contributed by atoms with Gasteiger partial charge in [0.1, 0.15) is 0 Å². The van der Waals surface area contributed by atoms with Crippen LogP contribution in [0.1, 0.15) is 23.2 Å². The van der Waals surface area contributed by atoms with Gasteiger partial charge in [-0.15, -0.1) is 0 Å². The molecule has 1 fully saturated rings. The van der Waals surface area contributed by atoms with Crippen molar-refractivity contribution in [2.75, 3.05) is 13.2 Å². The van der Waals surface area contributed by atoms with Crippen molar-refractivity contribution in [2.24, 2.45) is 5.92 Å². The van der Waals surface area contributed by atoms with Crippen molar-refractivity contribution in [2.45, 2.75) is 12.8 Å². The standard InChI is InChI=1S/C12H12F2O2/c13-10-5-1-4-9(11(10)14)12(15)8-3-2-6-16-7-8/h1,4-5,8H,2-3,6-7H2. The molecule has 0 bridgehead atoms. The number of carbonyl (C=O) groups is 1. The molecule has 16 heavy (non-hydrogen) atoms. The first-order valence-corrected chi connectivity index (χ1v) is 5.26. The third kappa shape index (κ3) is 2.11. The molecule has 0 saturated carbocycles. The molecule has 1 atom stereocenters. The van der Waals surface area contributed by atoms with Crippen LogP contribution in [0.4, 0.5) is 8.78 Å². The molecule has 1 aliphatic heterocycles. The fourth-order valence-electron chi connectivity index (χ4n) is 1.86. The first-order valence-electron chi connectivity index (χ1n) is 5.26. The Morgan fingerprint density at radius 2 is 2.19 bits per heavy atom. The molecule has 0 spiro atoms. The quantitative estimate of drug-likeness (QED) is 0.724. The van der Waals surface area contributed by atoms with Crippen LogP contribution in [0.25, 0.3) is 0 Å². The Kier molecular flexibility index (Phi) is 3.29. The summed E-state index contributed by atoms with van der Waals surface area (Å²) in [6.07, 6.45) is 1.46. The molecule has 0 N–H and O–H groups in total. The van der Waals surface area contributed by atoms with Gasteiger partial charge in [-0.2, -0.15) is 0 Å². The highest BCUT2D eigenvalue weighted by atomic mass is 19.2. The first-order chi connectivity index (χ1) is 7.70. The number of hydrogen-bond donors (Lipinski definition) is 0. The Bertz CT molecular complexity index is 398. The summed E-state index contributed by atoms with van der Waals surface area (Å²) >= 11 is 0. The van der Waals surface area contributed by atoms with Crippen molar-refractivity contribution in [3.63, 3.8) is 0 Å². The molecule has 1 aromatic carbocycles. The van der Waals surface area contributed by atoms with Gasteiger partial charge >= 0.3 is 0 Å². The largest absolute Gasteiger partial charge is 0.381 e. The average Bonchev–Trinajstić information content (AvgIpc) is 2.33. The highest BCUT2D eigenvalue weighted by Gasteiger charge is 2.25. The second-order valence-corrected chi connectivity index (χ2v) is 3.88. The van der Waals surface area contributed by atoms with E-state index in [9.17, 15) is 13.6 Å². The van der Waals surface area contributed by atoms with E-state index in [0.29, 0.717) is 19.6 Å². The highest BCUT2D eigenvalue weighted by molar-refractivity contribution is 5.98. The van der Waals surface area contributed by atoms with Crippen LogP contribution < -0.4 is 0 Å². The Labute approximate surface area is 92.2 Å². The number of ether oxygens (including phenoxy) is 1. The minimum absolute atomic E-state index is 0.171. The zero-order valence-electron chi connectivity index (χ0n) is 8.71. The van der Waals surface area contributed by atoms with Crippen LogP contribution in [0.5, 0.6) is 0 Å². The third-order valence-electron chi connectivity index (χ3n) is 2.75. The number of rotatable bonds is 2. The highest BCUT2D eigenvalue weighted by Crippen LogP contribution is 2.21. The van der Waals surface area contributed by atoms with Crippen LogP contribution in [0.3, 0.4) is 0 Å². The van der Waals surface area contributed by atoms with Crippen molar-refractivity contribution in [3.05, 3.63) is 35.4 Å². The average molecular weight is 226 g/mol. The molecular weight excluding hydrogens is 214 g/mol. The first kappa shape index (κ1) is 11.2. The Hall–Kier alpha value is -1.29. The molecule has 0 aliphatic carbocycles. The number of ketones is 1. The molecule has 86 valence electrons. The fourth-order valence-corrected chi connectivity index (χ4v) is 1.86. The summed E-state index contributed by atoms with van der Waals surface area (Å²) in [6.45, 7) is 0.935. The van der Waals surface area contributed by atoms with E-state index in [2.05, 4.69) is 0 Å². The molecule has 2 rings (SSSR count). The molecule has 0 amide bonds. The van der Waals surface area contributed by atoms with E-state index in [4.69, 9.17) is 4.74 Å². The molecule has 0 radical (unpaired) electrons. The SMILES string of the molecule is O=C(c1cccc(F)c1F)C1CCCOC1. The summed E-state index contributed by atoms with van der Waals surface area (Å²) in [5.41, 5.74) is -0.171. The third-order valence-corrected chi connectivity index (χ3v) is 2.75. The van der Waals surface area contributed by atoms with Gasteiger partial charge in [-0.1, -0.05) is 6.07 Å². The summed E-state index contributed by atoms with van der Waals surface area (Å²) in [5, 5.41) is 0. The van der Waals surface area contributed by atoms with Crippen LogP contribution in [0, 0.1) is 17.6 Å². The number of hydrogen-bond acceptors (Lipinski definition) is 2. The summed E-state index contributed by atoms with van der Waals surface area (Å²) in [6, 6.07) is 3.66. The summed E-state index contributed by atoms with van der Waals surface area (Å²) in [4.78, 5) is 11.9. The summed E-state index contributed by atoms with van der Waals surface area (Å²) in [5.74, 6) is -2.75. The van der Waals surface area contributed by atoms with Crippen LogP contribution in [-0.4, -0.2) is 19.0 Å². The second-order valence-electron chi connectivity index (χ2n) is 3.88. The molecule has 4 heteroatoms. The number of Topliss-reactive ketones (excluding diaryl/α,β-unsaturated/α-hetero) is 1. The molecule has 1 saturated heterocycles. The fraction of sp³-hybridized carbons (Fsp3) is 0.417.